The third-order valence-electron chi connectivity index (χ3n) is 5.88. The zero-order valence-corrected chi connectivity index (χ0v) is 21.2. The molecule has 2 aliphatic rings. The minimum absolute atomic E-state index is 0. The van der Waals surface area contributed by atoms with Gasteiger partial charge in [-0.15, -0.1) is 48.8 Å². The van der Waals surface area contributed by atoms with E-state index < -0.39 is 0 Å². The molecule has 0 bridgehead atoms. The van der Waals surface area contributed by atoms with Crippen molar-refractivity contribution >= 4 is 23.4 Å². The van der Waals surface area contributed by atoms with Crippen molar-refractivity contribution in [2.24, 2.45) is 5.10 Å². The fourth-order valence-electron chi connectivity index (χ4n) is 3.84. The second-order valence-electron chi connectivity index (χ2n) is 8.43. The van der Waals surface area contributed by atoms with Crippen LogP contribution in [0.4, 0.5) is 17.1 Å². The summed E-state index contributed by atoms with van der Waals surface area (Å²) in [5.41, 5.74) is 4.02. The molecular formula is C26H25N5OPt. The molecule has 0 amide bonds. The van der Waals surface area contributed by atoms with E-state index in [0.29, 0.717) is 11.5 Å². The molecule has 6 nitrogen and oxygen atoms in total. The molecule has 0 saturated carbocycles. The van der Waals surface area contributed by atoms with Gasteiger partial charge < -0.3 is 24.4 Å². The van der Waals surface area contributed by atoms with Gasteiger partial charge >= 0.3 is 21.1 Å². The first-order valence-electron chi connectivity index (χ1n) is 10.5. The Kier molecular flexibility index (Phi) is 6.51. The van der Waals surface area contributed by atoms with Gasteiger partial charge in [-0.05, 0) is 39.6 Å². The minimum Gasteiger partial charge on any atom is -0.509 e. The van der Waals surface area contributed by atoms with E-state index in [4.69, 9.17) is 4.74 Å². The van der Waals surface area contributed by atoms with Crippen LogP contribution in [0.5, 0.6) is 11.5 Å². The van der Waals surface area contributed by atoms with Crippen molar-refractivity contribution < 1.29 is 25.8 Å². The van der Waals surface area contributed by atoms with Gasteiger partial charge in [0.1, 0.15) is 0 Å². The van der Waals surface area contributed by atoms with E-state index in [2.05, 4.69) is 78.9 Å². The second kappa shape index (κ2) is 9.20. The zero-order chi connectivity index (χ0) is 22.3. The summed E-state index contributed by atoms with van der Waals surface area (Å²) in [7, 11) is 4.03. The molecule has 0 N–H and O–H groups in total. The molecule has 3 aromatic carbocycles. The Morgan fingerprint density at radius 1 is 0.848 bits per heavy atom. The Hall–Kier alpha value is -2.82. The van der Waals surface area contributed by atoms with E-state index in [1.807, 2.05) is 55.0 Å². The molecule has 2 aliphatic heterocycles. The molecule has 0 aliphatic carbocycles. The maximum Gasteiger partial charge on any atom is 4.00 e. The third kappa shape index (κ3) is 4.50. The van der Waals surface area contributed by atoms with Crippen LogP contribution in [0.25, 0.3) is 0 Å². The standard InChI is InChI=1S/C26H25N5O.Pt/c1-26(2)24-13-5-6-14-25(24)30(19-29(26)4)20-9-7-11-22(15-20)32-23-12-8-10-21(16-23)31-18-28(3)17-27-31;/h5-14,17-19H,1-4H3;/q-4;+4. The molecule has 0 aromatic heterocycles. The number of rotatable bonds is 4. The topological polar surface area (TPSA) is 34.6 Å². The van der Waals surface area contributed by atoms with Crippen molar-refractivity contribution in [1.29, 1.82) is 0 Å². The second-order valence-corrected chi connectivity index (χ2v) is 8.43. The first-order chi connectivity index (χ1) is 15.4. The van der Waals surface area contributed by atoms with Crippen molar-refractivity contribution in [3.63, 3.8) is 0 Å². The van der Waals surface area contributed by atoms with E-state index in [1.54, 1.807) is 11.3 Å². The molecule has 0 radical (unpaired) electrons. The summed E-state index contributed by atoms with van der Waals surface area (Å²) in [6.07, 6.45) is 1.74. The maximum absolute atomic E-state index is 6.12. The van der Waals surface area contributed by atoms with Crippen LogP contribution >= 0.6 is 0 Å². The molecule has 3 aromatic rings. The zero-order valence-electron chi connectivity index (χ0n) is 19.0. The Morgan fingerprint density at radius 3 is 2.21 bits per heavy atom. The van der Waals surface area contributed by atoms with Crippen molar-refractivity contribution in [3.8, 4) is 11.5 Å². The molecule has 0 fully saturated rings. The van der Waals surface area contributed by atoms with Crippen LogP contribution in [0.3, 0.4) is 0 Å². The number of ether oxygens (including phenoxy) is 1. The SMILES string of the molecule is CN1C=NN(c2[c-]c(Oc3[c-]c(N4[CH-]N(C)C(C)(C)c5ccccc54)ccc3)ccc2)[CH-]1.[Pt+4]. The summed E-state index contributed by atoms with van der Waals surface area (Å²) in [4.78, 5) is 6.25. The molecule has 5 rings (SSSR count). The van der Waals surface area contributed by atoms with Crippen LogP contribution in [-0.4, -0.2) is 30.2 Å². The van der Waals surface area contributed by atoms with Gasteiger partial charge in [0.2, 0.25) is 0 Å². The number of benzene rings is 3. The molecule has 0 atom stereocenters. The molecule has 0 unspecified atom stereocenters. The van der Waals surface area contributed by atoms with Gasteiger partial charge in [-0.1, -0.05) is 23.9 Å². The van der Waals surface area contributed by atoms with Crippen molar-refractivity contribution in [2.45, 2.75) is 19.4 Å². The monoisotopic (exact) mass is 618 g/mol. The summed E-state index contributed by atoms with van der Waals surface area (Å²) < 4.78 is 6.12. The largest absolute Gasteiger partial charge is 4.00 e. The number of nitrogens with zero attached hydrogens (tertiary/aromatic N) is 5. The molecule has 170 valence electrons. The van der Waals surface area contributed by atoms with Crippen LogP contribution in [-0.2, 0) is 26.6 Å². The van der Waals surface area contributed by atoms with Crippen LogP contribution in [0.1, 0.15) is 19.4 Å². The summed E-state index contributed by atoms with van der Waals surface area (Å²) in [6, 6.07) is 26.8. The summed E-state index contributed by atoms with van der Waals surface area (Å²) >= 11 is 0. The average Bonchev–Trinajstić information content (AvgIpc) is 3.23. The average molecular weight is 619 g/mol. The Labute approximate surface area is 210 Å². The van der Waals surface area contributed by atoms with Crippen molar-refractivity contribution in [2.75, 3.05) is 24.0 Å². The van der Waals surface area contributed by atoms with Gasteiger partial charge in [0.05, 0.1) is 6.34 Å². The summed E-state index contributed by atoms with van der Waals surface area (Å²) in [6.45, 7) is 8.45. The number of hydrazone groups is 1. The predicted molar refractivity (Wildman–Crippen MR) is 127 cm³/mol. The first-order valence-corrected chi connectivity index (χ1v) is 10.5. The number of hydrogen-bond acceptors (Lipinski definition) is 6. The normalized spacial score (nSPS) is 17.0. The van der Waals surface area contributed by atoms with Crippen LogP contribution in [0.2, 0.25) is 0 Å². The summed E-state index contributed by atoms with van der Waals surface area (Å²) in [5, 5.41) is 6.07. The molecule has 2 heterocycles. The van der Waals surface area contributed by atoms with E-state index >= 15 is 0 Å². The molecular weight excluding hydrogens is 593 g/mol. The Balaban J connectivity index is 0.00000259. The van der Waals surface area contributed by atoms with Gasteiger partial charge in [0.25, 0.3) is 0 Å². The van der Waals surface area contributed by atoms with E-state index in [-0.39, 0.29) is 26.6 Å². The molecule has 33 heavy (non-hydrogen) atoms. The number of hydrogen-bond donors (Lipinski definition) is 0. The minimum atomic E-state index is -0.0975. The van der Waals surface area contributed by atoms with Gasteiger partial charge in [-0.25, -0.2) is 0 Å². The molecule has 0 spiro atoms. The van der Waals surface area contributed by atoms with Gasteiger partial charge in [0.15, 0.2) is 0 Å². The molecule has 0 saturated heterocycles. The first kappa shape index (κ1) is 23.3. The third-order valence-corrected chi connectivity index (χ3v) is 5.88. The van der Waals surface area contributed by atoms with Crippen molar-refractivity contribution in [1.82, 2.24) is 9.80 Å². The Morgan fingerprint density at radius 2 is 1.52 bits per heavy atom. The molecule has 7 heteroatoms. The van der Waals surface area contributed by atoms with Gasteiger partial charge in [-0.3, -0.25) is 0 Å². The van der Waals surface area contributed by atoms with E-state index in [0.717, 1.165) is 17.1 Å². The van der Waals surface area contributed by atoms with Gasteiger partial charge in [-0.2, -0.15) is 23.9 Å². The quantitative estimate of drug-likeness (QED) is 0.370. The fourth-order valence-corrected chi connectivity index (χ4v) is 3.84. The smallest absolute Gasteiger partial charge is 0.509 e. The van der Waals surface area contributed by atoms with Crippen LogP contribution in [0.15, 0.2) is 65.8 Å². The number of para-hydroxylation sites is 1. The fraction of sp³-hybridized carbons (Fsp3) is 0.192. The Bertz CT molecular complexity index is 1160. The van der Waals surface area contributed by atoms with Gasteiger partial charge in [0, 0.05) is 22.7 Å². The van der Waals surface area contributed by atoms with E-state index in [9.17, 15) is 0 Å². The predicted octanol–water partition coefficient (Wildman–Crippen LogP) is 5.33. The van der Waals surface area contributed by atoms with Crippen LogP contribution < -0.4 is 14.6 Å². The van der Waals surface area contributed by atoms with Crippen molar-refractivity contribution in [3.05, 3.63) is 91.7 Å². The maximum atomic E-state index is 6.12. The van der Waals surface area contributed by atoms with E-state index in [1.165, 1.54) is 5.56 Å². The summed E-state index contributed by atoms with van der Waals surface area (Å²) in [5.74, 6) is 1.23. The number of anilines is 3. The number of fused-ring (bicyclic) bond motifs is 1. The van der Waals surface area contributed by atoms with Crippen LogP contribution in [0, 0.1) is 25.5 Å².